The molecule has 2 aromatic rings. The lowest BCUT2D eigenvalue weighted by atomic mass is 9.96. The van der Waals surface area contributed by atoms with Crippen molar-refractivity contribution >= 4 is 16.7 Å². The molecule has 2 aromatic carbocycles. The SMILES string of the molecule is CC(=O)O.CC(C)c1ccc2cc(C(C)C)ccc2c1. The summed E-state index contributed by atoms with van der Waals surface area (Å²) in [7, 11) is 0. The zero-order chi connectivity index (χ0) is 15.3. The molecule has 0 fully saturated rings. The molecular formula is C18H24O2. The molecule has 1 N–H and O–H groups in total. The van der Waals surface area contributed by atoms with E-state index in [1.54, 1.807) is 0 Å². The minimum Gasteiger partial charge on any atom is -0.481 e. The Labute approximate surface area is 121 Å². The molecule has 0 bridgehead atoms. The van der Waals surface area contributed by atoms with Crippen LogP contribution in [-0.4, -0.2) is 11.1 Å². The third-order valence-electron chi connectivity index (χ3n) is 3.22. The second-order valence-electron chi connectivity index (χ2n) is 5.69. The summed E-state index contributed by atoms with van der Waals surface area (Å²) >= 11 is 0. The van der Waals surface area contributed by atoms with E-state index in [2.05, 4.69) is 64.1 Å². The Morgan fingerprint density at radius 1 is 0.850 bits per heavy atom. The van der Waals surface area contributed by atoms with Crippen LogP contribution in [0, 0.1) is 0 Å². The predicted octanol–water partition coefficient (Wildman–Crippen LogP) is 5.18. The molecule has 2 nitrogen and oxygen atoms in total. The molecule has 0 aliphatic heterocycles. The second kappa shape index (κ2) is 7.09. The van der Waals surface area contributed by atoms with Crippen LogP contribution < -0.4 is 0 Å². The quantitative estimate of drug-likeness (QED) is 0.818. The fourth-order valence-electron chi connectivity index (χ4n) is 2.00. The van der Waals surface area contributed by atoms with E-state index >= 15 is 0 Å². The number of benzene rings is 2. The third kappa shape index (κ3) is 4.69. The number of carboxylic acid groups (broad SMARTS) is 1. The largest absolute Gasteiger partial charge is 0.481 e. The smallest absolute Gasteiger partial charge is 0.300 e. The minimum atomic E-state index is -0.833. The van der Waals surface area contributed by atoms with Gasteiger partial charge in [0.1, 0.15) is 0 Å². The van der Waals surface area contributed by atoms with E-state index in [-0.39, 0.29) is 0 Å². The summed E-state index contributed by atoms with van der Waals surface area (Å²) in [6.07, 6.45) is 0. The maximum absolute atomic E-state index is 9.00. The summed E-state index contributed by atoms with van der Waals surface area (Å²) in [4.78, 5) is 9.00. The monoisotopic (exact) mass is 272 g/mol. The Morgan fingerprint density at radius 2 is 1.15 bits per heavy atom. The lowest BCUT2D eigenvalue weighted by Crippen LogP contribution is -1.89. The van der Waals surface area contributed by atoms with Crippen molar-refractivity contribution in [3.05, 3.63) is 47.5 Å². The molecule has 0 aliphatic rings. The van der Waals surface area contributed by atoms with Crippen molar-refractivity contribution in [2.45, 2.75) is 46.5 Å². The van der Waals surface area contributed by atoms with E-state index in [1.807, 2.05) is 0 Å². The molecule has 0 radical (unpaired) electrons. The lowest BCUT2D eigenvalue weighted by Gasteiger charge is -2.10. The zero-order valence-corrected chi connectivity index (χ0v) is 13.0. The molecule has 0 aromatic heterocycles. The van der Waals surface area contributed by atoms with Crippen LogP contribution in [0.1, 0.15) is 57.6 Å². The normalized spacial score (nSPS) is 10.6. The summed E-state index contributed by atoms with van der Waals surface area (Å²) in [5.74, 6) is 0.378. The van der Waals surface area contributed by atoms with Gasteiger partial charge in [0.2, 0.25) is 0 Å². The molecular weight excluding hydrogens is 248 g/mol. The summed E-state index contributed by atoms with van der Waals surface area (Å²) in [5, 5.41) is 10.1. The topological polar surface area (TPSA) is 37.3 Å². The van der Waals surface area contributed by atoms with Crippen LogP contribution in [0.4, 0.5) is 0 Å². The first-order valence-corrected chi connectivity index (χ1v) is 7.04. The Kier molecular flexibility index (Phi) is 5.75. The number of hydrogen-bond acceptors (Lipinski definition) is 1. The van der Waals surface area contributed by atoms with Gasteiger partial charge in [0, 0.05) is 6.92 Å². The highest BCUT2D eigenvalue weighted by molar-refractivity contribution is 5.84. The highest BCUT2D eigenvalue weighted by Crippen LogP contribution is 2.24. The molecule has 2 rings (SSSR count). The van der Waals surface area contributed by atoms with Gasteiger partial charge in [0.15, 0.2) is 0 Å². The van der Waals surface area contributed by atoms with E-state index in [0.29, 0.717) is 11.8 Å². The lowest BCUT2D eigenvalue weighted by molar-refractivity contribution is -0.134. The summed E-state index contributed by atoms with van der Waals surface area (Å²) < 4.78 is 0. The van der Waals surface area contributed by atoms with Gasteiger partial charge >= 0.3 is 0 Å². The van der Waals surface area contributed by atoms with Gasteiger partial charge < -0.3 is 5.11 Å². The van der Waals surface area contributed by atoms with Crippen molar-refractivity contribution in [3.63, 3.8) is 0 Å². The molecule has 0 aliphatic carbocycles. The highest BCUT2D eigenvalue weighted by atomic mass is 16.4. The number of carbonyl (C=O) groups is 1. The zero-order valence-electron chi connectivity index (χ0n) is 13.0. The molecule has 20 heavy (non-hydrogen) atoms. The Bertz CT molecular complexity index is 532. The average molecular weight is 272 g/mol. The fourth-order valence-corrected chi connectivity index (χ4v) is 2.00. The summed E-state index contributed by atoms with van der Waals surface area (Å²) in [6, 6.07) is 13.6. The fraction of sp³-hybridized carbons (Fsp3) is 0.389. The van der Waals surface area contributed by atoms with Crippen molar-refractivity contribution in [3.8, 4) is 0 Å². The molecule has 0 unspecified atom stereocenters. The predicted molar refractivity (Wildman–Crippen MR) is 85.4 cm³/mol. The van der Waals surface area contributed by atoms with Crippen LogP contribution in [-0.2, 0) is 4.79 Å². The summed E-state index contributed by atoms with van der Waals surface area (Å²) in [6.45, 7) is 10.0. The standard InChI is InChI=1S/C16H20.C2H4O2/c1-11(2)13-5-7-16-10-14(12(3)4)6-8-15(16)9-13;1-2(3)4/h5-12H,1-4H3;1H3,(H,3,4). The highest BCUT2D eigenvalue weighted by Gasteiger charge is 2.03. The first kappa shape index (κ1) is 16.2. The van der Waals surface area contributed by atoms with Crippen molar-refractivity contribution in [2.24, 2.45) is 0 Å². The molecule has 2 heteroatoms. The van der Waals surface area contributed by atoms with Crippen LogP contribution in [0.2, 0.25) is 0 Å². The maximum atomic E-state index is 9.00. The second-order valence-corrected chi connectivity index (χ2v) is 5.69. The molecule has 0 amide bonds. The van der Waals surface area contributed by atoms with E-state index in [4.69, 9.17) is 9.90 Å². The molecule has 0 saturated heterocycles. The van der Waals surface area contributed by atoms with Crippen LogP contribution >= 0.6 is 0 Å². The maximum Gasteiger partial charge on any atom is 0.300 e. The molecule has 0 saturated carbocycles. The Balaban J connectivity index is 0.000000444. The van der Waals surface area contributed by atoms with Crippen molar-refractivity contribution < 1.29 is 9.90 Å². The van der Waals surface area contributed by atoms with E-state index in [0.717, 1.165) is 6.92 Å². The van der Waals surface area contributed by atoms with E-state index < -0.39 is 5.97 Å². The average Bonchev–Trinajstić information content (AvgIpc) is 2.36. The van der Waals surface area contributed by atoms with Crippen molar-refractivity contribution in [1.29, 1.82) is 0 Å². The number of rotatable bonds is 2. The number of carboxylic acids is 1. The van der Waals surface area contributed by atoms with E-state index in [9.17, 15) is 0 Å². The van der Waals surface area contributed by atoms with Crippen molar-refractivity contribution in [1.82, 2.24) is 0 Å². The first-order chi connectivity index (χ1) is 9.31. The van der Waals surface area contributed by atoms with Gasteiger partial charge in [-0.1, -0.05) is 64.1 Å². The third-order valence-corrected chi connectivity index (χ3v) is 3.22. The first-order valence-electron chi connectivity index (χ1n) is 7.04. The van der Waals surface area contributed by atoms with Crippen LogP contribution in [0.3, 0.4) is 0 Å². The number of aliphatic carboxylic acids is 1. The molecule has 0 spiro atoms. The summed E-state index contributed by atoms with van der Waals surface area (Å²) in [5.41, 5.74) is 2.84. The van der Waals surface area contributed by atoms with Crippen LogP contribution in [0.25, 0.3) is 10.8 Å². The van der Waals surface area contributed by atoms with Crippen molar-refractivity contribution in [2.75, 3.05) is 0 Å². The van der Waals surface area contributed by atoms with Gasteiger partial charge in [-0.25, -0.2) is 0 Å². The molecule has 108 valence electrons. The number of hydrogen-bond donors (Lipinski definition) is 1. The van der Waals surface area contributed by atoms with Gasteiger partial charge in [-0.3, -0.25) is 4.79 Å². The Hall–Kier alpha value is -1.83. The molecule has 0 atom stereocenters. The minimum absolute atomic E-state index is 0.606. The Morgan fingerprint density at radius 3 is 1.40 bits per heavy atom. The van der Waals surface area contributed by atoms with E-state index in [1.165, 1.54) is 21.9 Å². The van der Waals surface area contributed by atoms with Gasteiger partial charge in [-0.2, -0.15) is 0 Å². The van der Waals surface area contributed by atoms with Gasteiger partial charge in [-0.15, -0.1) is 0 Å². The van der Waals surface area contributed by atoms with Crippen LogP contribution in [0.15, 0.2) is 36.4 Å². The molecule has 0 heterocycles. The van der Waals surface area contributed by atoms with Gasteiger partial charge in [0.25, 0.3) is 5.97 Å². The van der Waals surface area contributed by atoms with Gasteiger partial charge in [-0.05, 0) is 33.7 Å². The van der Waals surface area contributed by atoms with Crippen LogP contribution in [0.5, 0.6) is 0 Å². The number of fused-ring (bicyclic) bond motifs is 1. The van der Waals surface area contributed by atoms with Gasteiger partial charge in [0.05, 0.1) is 0 Å².